The molecule has 0 saturated heterocycles. The zero-order valence-corrected chi connectivity index (χ0v) is 15.6. The van der Waals surface area contributed by atoms with E-state index in [9.17, 15) is 0 Å². The number of aromatic nitrogens is 1. The highest BCUT2D eigenvalue weighted by Crippen LogP contribution is 2.20. The minimum absolute atomic E-state index is 0.556. The monoisotopic (exact) mass is 368 g/mol. The van der Waals surface area contributed by atoms with E-state index >= 15 is 0 Å². The number of hydrogen-bond acceptors (Lipinski definition) is 3. The van der Waals surface area contributed by atoms with Crippen molar-refractivity contribution >= 4 is 29.2 Å². The van der Waals surface area contributed by atoms with Crippen LogP contribution in [0.5, 0.6) is 0 Å². The van der Waals surface area contributed by atoms with Crippen molar-refractivity contribution in [3.05, 3.63) is 50.8 Å². The first-order valence-corrected chi connectivity index (χ1v) is 8.69. The lowest BCUT2D eigenvalue weighted by Crippen LogP contribution is -2.36. The van der Waals surface area contributed by atoms with E-state index < -0.39 is 0 Å². The first-order chi connectivity index (χ1) is 11.6. The third-order valence-electron chi connectivity index (χ3n) is 3.72. The normalized spacial score (nSPS) is 11.6. The summed E-state index contributed by atoms with van der Waals surface area (Å²) < 4.78 is 5.38. The lowest BCUT2D eigenvalue weighted by Gasteiger charge is -2.13. The van der Waals surface area contributed by atoms with Gasteiger partial charge in [-0.2, -0.15) is 0 Å². The third-order valence-corrected chi connectivity index (χ3v) is 4.31. The molecule has 7 heteroatoms. The molecule has 1 aromatic heterocycles. The fourth-order valence-corrected chi connectivity index (χ4v) is 2.85. The Morgan fingerprint density at radius 2 is 1.92 bits per heavy atom. The molecular formula is C17H22Cl2N4O. The number of rotatable bonds is 6. The van der Waals surface area contributed by atoms with Crippen LogP contribution in [0, 0.1) is 0 Å². The van der Waals surface area contributed by atoms with Gasteiger partial charge in [0.05, 0.1) is 5.69 Å². The van der Waals surface area contributed by atoms with Crippen LogP contribution >= 0.6 is 23.2 Å². The Balaban J connectivity index is 1.97. The highest BCUT2D eigenvalue weighted by molar-refractivity contribution is 6.35. The smallest absolute Gasteiger partial charge is 0.191 e. The van der Waals surface area contributed by atoms with Gasteiger partial charge >= 0.3 is 0 Å². The molecule has 1 aromatic carbocycles. The topological polar surface area (TPSA) is 62.5 Å². The van der Waals surface area contributed by atoms with Gasteiger partial charge in [-0.05, 0) is 24.1 Å². The standard InChI is InChI=1S/C17H22Cl2N4O/c1-4-15-13(16(5-2)24-23-15)10-22-17(20-3)21-9-11-6-7-12(18)8-14(11)19/h6-8H,4-5,9-10H2,1-3H3,(H2,20,21,22). The van der Waals surface area contributed by atoms with Gasteiger partial charge in [-0.25, -0.2) is 0 Å². The zero-order valence-electron chi connectivity index (χ0n) is 14.1. The molecule has 0 amide bonds. The van der Waals surface area contributed by atoms with Gasteiger partial charge in [-0.3, -0.25) is 4.99 Å². The molecule has 2 N–H and O–H groups in total. The van der Waals surface area contributed by atoms with E-state index in [2.05, 4.69) is 34.6 Å². The van der Waals surface area contributed by atoms with Crippen molar-refractivity contribution in [1.29, 1.82) is 0 Å². The van der Waals surface area contributed by atoms with E-state index in [1.54, 1.807) is 13.1 Å². The second kappa shape index (κ2) is 8.94. The predicted octanol–water partition coefficient (Wildman–Crippen LogP) is 3.97. The molecule has 0 radical (unpaired) electrons. The van der Waals surface area contributed by atoms with E-state index in [0.29, 0.717) is 29.1 Å². The Morgan fingerprint density at radius 3 is 2.54 bits per heavy atom. The van der Waals surface area contributed by atoms with Gasteiger partial charge in [0, 0.05) is 42.2 Å². The van der Waals surface area contributed by atoms with Gasteiger partial charge in [-0.15, -0.1) is 0 Å². The molecule has 24 heavy (non-hydrogen) atoms. The SMILES string of the molecule is CCc1noc(CC)c1CNC(=NC)NCc1ccc(Cl)cc1Cl. The van der Waals surface area contributed by atoms with Gasteiger partial charge in [0.1, 0.15) is 5.76 Å². The highest BCUT2D eigenvalue weighted by atomic mass is 35.5. The summed E-state index contributed by atoms with van der Waals surface area (Å²) in [4.78, 5) is 4.24. The Hall–Kier alpha value is -1.72. The molecule has 2 rings (SSSR count). The van der Waals surface area contributed by atoms with Crippen LogP contribution in [-0.2, 0) is 25.9 Å². The number of aryl methyl sites for hydroxylation is 2. The third kappa shape index (κ3) is 4.65. The van der Waals surface area contributed by atoms with Crippen LogP contribution in [0.1, 0.15) is 36.4 Å². The molecule has 0 aliphatic heterocycles. The Bertz CT molecular complexity index is 691. The van der Waals surface area contributed by atoms with Gasteiger partial charge in [0.25, 0.3) is 0 Å². The molecule has 2 aromatic rings. The Labute approximate surface area is 152 Å². The average Bonchev–Trinajstić information content (AvgIpc) is 2.98. The maximum atomic E-state index is 6.19. The largest absolute Gasteiger partial charge is 0.361 e. The molecule has 0 bridgehead atoms. The van der Waals surface area contributed by atoms with Gasteiger partial charge in [0.2, 0.25) is 0 Å². The summed E-state index contributed by atoms with van der Waals surface area (Å²) in [6.07, 6.45) is 1.66. The van der Waals surface area contributed by atoms with E-state index in [4.69, 9.17) is 27.7 Å². The molecular weight excluding hydrogens is 347 g/mol. The minimum atomic E-state index is 0.556. The summed E-state index contributed by atoms with van der Waals surface area (Å²) in [5.41, 5.74) is 3.04. The second-order valence-corrected chi connectivity index (χ2v) is 6.10. The van der Waals surface area contributed by atoms with Crippen LogP contribution < -0.4 is 10.6 Å². The van der Waals surface area contributed by atoms with Gasteiger partial charge in [0.15, 0.2) is 5.96 Å². The van der Waals surface area contributed by atoms with Crippen molar-refractivity contribution in [3.63, 3.8) is 0 Å². The molecule has 5 nitrogen and oxygen atoms in total. The summed E-state index contributed by atoms with van der Waals surface area (Å²) in [6.45, 7) is 5.29. The van der Waals surface area contributed by atoms with Crippen molar-refractivity contribution in [2.45, 2.75) is 39.8 Å². The van der Waals surface area contributed by atoms with Crippen molar-refractivity contribution in [1.82, 2.24) is 15.8 Å². The predicted molar refractivity (Wildman–Crippen MR) is 98.8 cm³/mol. The number of benzene rings is 1. The summed E-state index contributed by atoms with van der Waals surface area (Å²) in [5, 5.41) is 11.9. The van der Waals surface area contributed by atoms with Crippen LogP contribution in [0.25, 0.3) is 0 Å². The quantitative estimate of drug-likeness (QED) is 0.598. The summed E-state index contributed by atoms with van der Waals surface area (Å²) in [5.74, 6) is 1.60. The molecule has 0 saturated carbocycles. The van der Waals surface area contributed by atoms with Crippen LogP contribution in [0.2, 0.25) is 10.0 Å². The molecule has 0 atom stereocenters. The molecule has 0 unspecified atom stereocenters. The lowest BCUT2D eigenvalue weighted by atomic mass is 10.1. The van der Waals surface area contributed by atoms with Gasteiger partial charge in [-0.1, -0.05) is 48.3 Å². The summed E-state index contributed by atoms with van der Waals surface area (Å²) in [7, 11) is 1.73. The summed E-state index contributed by atoms with van der Waals surface area (Å²) in [6, 6.07) is 5.45. The van der Waals surface area contributed by atoms with Crippen molar-refractivity contribution in [2.24, 2.45) is 4.99 Å². The minimum Gasteiger partial charge on any atom is -0.361 e. The van der Waals surface area contributed by atoms with Crippen LogP contribution in [0.4, 0.5) is 0 Å². The molecule has 0 spiro atoms. The number of guanidine groups is 1. The summed E-state index contributed by atoms with van der Waals surface area (Å²) >= 11 is 12.1. The second-order valence-electron chi connectivity index (χ2n) is 5.25. The van der Waals surface area contributed by atoms with Gasteiger partial charge < -0.3 is 15.2 Å². The lowest BCUT2D eigenvalue weighted by molar-refractivity contribution is 0.380. The van der Waals surface area contributed by atoms with E-state index in [1.165, 1.54) is 0 Å². The van der Waals surface area contributed by atoms with Crippen LogP contribution in [-0.4, -0.2) is 18.2 Å². The molecule has 0 aliphatic carbocycles. The maximum Gasteiger partial charge on any atom is 0.191 e. The zero-order chi connectivity index (χ0) is 17.5. The first kappa shape index (κ1) is 18.6. The van der Waals surface area contributed by atoms with E-state index in [0.717, 1.165) is 35.4 Å². The Kier molecular flexibility index (Phi) is 6.94. The molecule has 1 heterocycles. The van der Waals surface area contributed by atoms with E-state index in [1.807, 2.05) is 12.1 Å². The Morgan fingerprint density at radius 1 is 1.17 bits per heavy atom. The number of nitrogens with one attached hydrogen (secondary N) is 2. The maximum absolute atomic E-state index is 6.19. The number of hydrogen-bond donors (Lipinski definition) is 2. The molecule has 0 fully saturated rings. The molecule has 130 valence electrons. The number of nitrogens with zero attached hydrogens (tertiary/aromatic N) is 2. The number of aliphatic imine (C=N–C) groups is 1. The van der Waals surface area contributed by atoms with E-state index in [-0.39, 0.29) is 0 Å². The highest BCUT2D eigenvalue weighted by Gasteiger charge is 2.13. The fourth-order valence-electron chi connectivity index (χ4n) is 2.37. The van der Waals surface area contributed by atoms with Crippen molar-refractivity contribution < 1.29 is 4.52 Å². The van der Waals surface area contributed by atoms with Crippen LogP contribution in [0.3, 0.4) is 0 Å². The fraction of sp³-hybridized carbons (Fsp3) is 0.412. The number of halogens is 2. The van der Waals surface area contributed by atoms with Crippen molar-refractivity contribution in [3.8, 4) is 0 Å². The first-order valence-electron chi connectivity index (χ1n) is 7.93. The molecule has 0 aliphatic rings. The average molecular weight is 369 g/mol. The van der Waals surface area contributed by atoms with Crippen LogP contribution in [0.15, 0.2) is 27.7 Å². The van der Waals surface area contributed by atoms with Crippen molar-refractivity contribution in [2.75, 3.05) is 7.05 Å².